The number of fused-ring (bicyclic) bond motifs is 1. The highest BCUT2D eigenvalue weighted by Crippen LogP contribution is 2.57. The second-order valence-corrected chi connectivity index (χ2v) is 10.2. The molecule has 0 aliphatic carbocycles. The average molecular weight is 474 g/mol. The van der Waals surface area contributed by atoms with Crippen LogP contribution in [0.25, 0.3) is 0 Å². The first-order valence-electron chi connectivity index (χ1n) is 11.8. The molecule has 0 unspecified atom stereocenters. The van der Waals surface area contributed by atoms with Crippen molar-refractivity contribution >= 4 is 11.8 Å². The maximum absolute atomic E-state index is 14.4. The Hall–Kier alpha value is -3.51. The van der Waals surface area contributed by atoms with Crippen molar-refractivity contribution < 1.29 is 23.5 Å². The third-order valence-electron chi connectivity index (χ3n) is 6.77. The van der Waals surface area contributed by atoms with Gasteiger partial charge in [-0.2, -0.15) is 0 Å². The number of carbonyl (C=O) groups is 2. The number of nitrogens with one attached hydrogen (secondary N) is 1. The van der Waals surface area contributed by atoms with Crippen LogP contribution < -0.4 is 10.1 Å². The van der Waals surface area contributed by atoms with Gasteiger partial charge < -0.3 is 9.47 Å². The van der Waals surface area contributed by atoms with Crippen LogP contribution in [0.5, 0.6) is 5.75 Å². The number of ketones is 1. The summed E-state index contributed by atoms with van der Waals surface area (Å²) >= 11 is 0. The number of Topliss-reactive ketones (excluding diaryl/α,β-unsaturated/α-hetero) is 1. The van der Waals surface area contributed by atoms with Crippen molar-refractivity contribution in [2.45, 2.75) is 44.4 Å². The van der Waals surface area contributed by atoms with Gasteiger partial charge in [0.15, 0.2) is 5.78 Å². The minimum absolute atomic E-state index is 0.0376. The standard InChI is InChI=1S/C29H28FNO4/c1-28(2,3)35-27(33)24-23(18-10-5-4-6-11-18)29(25(31-24)19-12-9-13-20(30)16-19)17-34-22-15-8-7-14-21(22)26(29)32/h4-16,23-25,31H,17H2,1-3H3/t23-,24+,25+,29+/m1/s1. The van der Waals surface area contributed by atoms with Crippen LogP contribution in [0.4, 0.5) is 4.39 Å². The summed E-state index contributed by atoms with van der Waals surface area (Å²) in [5.74, 6) is -1.11. The van der Waals surface area contributed by atoms with Crippen LogP contribution in [0.1, 0.15) is 54.2 Å². The van der Waals surface area contributed by atoms with Crippen LogP contribution in [0.15, 0.2) is 78.9 Å². The van der Waals surface area contributed by atoms with E-state index in [1.165, 1.54) is 12.1 Å². The molecule has 3 aromatic rings. The molecule has 4 atom stereocenters. The zero-order valence-electron chi connectivity index (χ0n) is 20.0. The lowest BCUT2D eigenvalue weighted by atomic mass is 9.62. The van der Waals surface area contributed by atoms with Crippen LogP contribution >= 0.6 is 0 Å². The highest BCUT2D eigenvalue weighted by Gasteiger charge is 2.64. The summed E-state index contributed by atoms with van der Waals surface area (Å²) in [4.78, 5) is 27.9. The van der Waals surface area contributed by atoms with Crippen molar-refractivity contribution in [1.82, 2.24) is 5.32 Å². The smallest absolute Gasteiger partial charge is 0.324 e. The highest BCUT2D eigenvalue weighted by molar-refractivity contribution is 6.06. The fraction of sp³-hybridized carbons (Fsp3) is 0.310. The lowest BCUT2D eigenvalue weighted by Crippen LogP contribution is -2.48. The molecule has 1 fully saturated rings. The second-order valence-electron chi connectivity index (χ2n) is 10.2. The summed E-state index contributed by atoms with van der Waals surface area (Å²) in [7, 11) is 0. The predicted molar refractivity (Wildman–Crippen MR) is 130 cm³/mol. The molecule has 2 heterocycles. The Morgan fingerprint density at radius 3 is 2.40 bits per heavy atom. The van der Waals surface area contributed by atoms with E-state index in [0.717, 1.165) is 5.56 Å². The quantitative estimate of drug-likeness (QED) is 0.528. The lowest BCUT2D eigenvalue weighted by molar-refractivity contribution is -0.157. The Morgan fingerprint density at radius 2 is 1.69 bits per heavy atom. The van der Waals surface area contributed by atoms with Crippen LogP contribution in [-0.4, -0.2) is 30.0 Å². The summed E-state index contributed by atoms with van der Waals surface area (Å²) in [6.45, 7) is 5.46. The van der Waals surface area contributed by atoms with Gasteiger partial charge in [-0.1, -0.05) is 54.6 Å². The number of halogens is 1. The summed E-state index contributed by atoms with van der Waals surface area (Å²) in [5.41, 5.74) is -0.0818. The molecule has 180 valence electrons. The van der Waals surface area contributed by atoms with Gasteiger partial charge in [0.2, 0.25) is 0 Å². The first-order valence-corrected chi connectivity index (χ1v) is 11.8. The molecule has 6 heteroatoms. The van der Waals surface area contributed by atoms with E-state index in [-0.39, 0.29) is 12.4 Å². The Balaban J connectivity index is 1.73. The predicted octanol–water partition coefficient (Wildman–Crippen LogP) is 5.23. The maximum atomic E-state index is 14.4. The molecule has 5 rings (SSSR count). The average Bonchev–Trinajstić information content (AvgIpc) is 3.17. The highest BCUT2D eigenvalue weighted by atomic mass is 19.1. The Bertz CT molecular complexity index is 1270. The van der Waals surface area contributed by atoms with Gasteiger partial charge in [0.25, 0.3) is 0 Å². The molecule has 2 aliphatic rings. The van der Waals surface area contributed by atoms with Crippen molar-refractivity contribution in [3.8, 4) is 5.75 Å². The molecular weight excluding hydrogens is 445 g/mol. The zero-order valence-corrected chi connectivity index (χ0v) is 20.0. The molecule has 5 nitrogen and oxygen atoms in total. The summed E-state index contributed by atoms with van der Waals surface area (Å²) in [5, 5.41) is 3.39. The minimum Gasteiger partial charge on any atom is -0.492 e. The van der Waals surface area contributed by atoms with Gasteiger partial charge in [-0.3, -0.25) is 14.9 Å². The number of hydrogen-bond acceptors (Lipinski definition) is 5. The van der Waals surface area contributed by atoms with Crippen molar-refractivity contribution in [2.24, 2.45) is 5.41 Å². The van der Waals surface area contributed by atoms with Gasteiger partial charge in [0, 0.05) is 12.0 Å². The SMILES string of the molecule is CC(C)(C)OC(=O)[C@H]1N[C@@H](c2cccc(F)c2)[C@]2(COc3ccccc3C2=O)[C@@H]1c1ccccc1. The molecule has 0 saturated carbocycles. The Labute approximate surface area is 204 Å². The topological polar surface area (TPSA) is 64.6 Å². The normalized spacial score (nSPS) is 25.7. The van der Waals surface area contributed by atoms with Crippen molar-refractivity contribution in [1.29, 1.82) is 0 Å². The molecular formula is C29H28FNO4. The van der Waals surface area contributed by atoms with Crippen molar-refractivity contribution in [2.75, 3.05) is 6.61 Å². The maximum Gasteiger partial charge on any atom is 0.324 e. The number of benzene rings is 3. The number of rotatable bonds is 3. The molecule has 1 spiro atoms. The van der Waals surface area contributed by atoms with Gasteiger partial charge in [-0.15, -0.1) is 0 Å². The minimum atomic E-state index is -1.20. The second kappa shape index (κ2) is 8.61. The summed E-state index contributed by atoms with van der Waals surface area (Å²) < 4.78 is 26.4. The van der Waals surface area contributed by atoms with Gasteiger partial charge in [-0.25, -0.2) is 4.39 Å². The summed E-state index contributed by atoms with van der Waals surface area (Å²) in [6, 6.07) is 21.2. The molecule has 0 radical (unpaired) electrons. The molecule has 0 bridgehead atoms. The third kappa shape index (κ3) is 4.02. The largest absolute Gasteiger partial charge is 0.492 e. The number of para-hydroxylation sites is 1. The van der Waals surface area contributed by atoms with Crippen LogP contribution in [-0.2, 0) is 9.53 Å². The van der Waals surface area contributed by atoms with Crippen molar-refractivity contribution in [3.05, 3.63) is 101 Å². The molecule has 0 aromatic heterocycles. The summed E-state index contributed by atoms with van der Waals surface area (Å²) in [6.07, 6.45) is 0. The third-order valence-corrected chi connectivity index (χ3v) is 6.77. The Morgan fingerprint density at radius 1 is 1.00 bits per heavy atom. The van der Waals surface area contributed by atoms with Gasteiger partial charge in [0.05, 0.1) is 11.0 Å². The lowest BCUT2D eigenvalue weighted by Gasteiger charge is -2.42. The van der Waals surface area contributed by atoms with E-state index in [2.05, 4.69) is 5.32 Å². The van der Waals surface area contributed by atoms with Crippen LogP contribution in [0.3, 0.4) is 0 Å². The van der Waals surface area contributed by atoms with E-state index in [0.29, 0.717) is 16.9 Å². The molecule has 0 amide bonds. The molecule has 1 N–H and O–H groups in total. The monoisotopic (exact) mass is 473 g/mol. The van der Waals surface area contributed by atoms with Crippen LogP contribution in [0.2, 0.25) is 0 Å². The van der Waals surface area contributed by atoms with E-state index in [1.807, 2.05) is 57.2 Å². The van der Waals surface area contributed by atoms with E-state index in [1.54, 1.807) is 30.3 Å². The molecule has 3 aromatic carbocycles. The van der Waals surface area contributed by atoms with Gasteiger partial charge in [0.1, 0.15) is 29.8 Å². The molecule has 1 saturated heterocycles. The fourth-order valence-corrected chi connectivity index (χ4v) is 5.44. The van der Waals surface area contributed by atoms with Crippen molar-refractivity contribution in [3.63, 3.8) is 0 Å². The number of carbonyl (C=O) groups excluding carboxylic acids is 2. The first kappa shape index (κ1) is 23.2. The van der Waals surface area contributed by atoms with Crippen LogP contribution in [0, 0.1) is 11.2 Å². The molecule has 35 heavy (non-hydrogen) atoms. The van der Waals surface area contributed by atoms with E-state index < -0.39 is 40.8 Å². The Kier molecular flexibility index (Phi) is 5.72. The van der Waals surface area contributed by atoms with Gasteiger partial charge in [-0.05, 0) is 56.2 Å². The zero-order chi connectivity index (χ0) is 24.8. The molecule has 2 aliphatic heterocycles. The first-order chi connectivity index (χ1) is 16.7. The number of ether oxygens (including phenoxy) is 2. The number of hydrogen-bond donors (Lipinski definition) is 1. The number of esters is 1. The fourth-order valence-electron chi connectivity index (χ4n) is 5.44. The van der Waals surface area contributed by atoms with E-state index in [9.17, 15) is 14.0 Å². The van der Waals surface area contributed by atoms with Gasteiger partial charge >= 0.3 is 5.97 Å². The van der Waals surface area contributed by atoms with E-state index >= 15 is 0 Å². The van der Waals surface area contributed by atoms with E-state index in [4.69, 9.17) is 9.47 Å².